The summed E-state index contributed by atoms with van der Waals surface area (Å²) in [5.41, 5.74) is 16.4. The molecule has 0 aromatic rings. The highest BCUT2D eigenvalue weighted by molar-refractivity contribution is 6.25. The largest absolute Gasteiger partial charge is 0.361 e. The van der Waals surface area contributed by atoms with Gasteiger partial charge >= 0.3 is 12.4 Å². The van der Waals surface area contributed by atoms with Gasteiger partial charge in [-0.1, -0.05) is 0 Å². The number of hydrazine groups is 2. The lowest BCUT2D eigenvalue weighted by Gasteiger charge is -2.17. The summed E-state index contributed by atoms with van der Waals surface area (Å²) in [6, 6.07) is 0. The number of rotatable bonds is 15. The van der Waals surface area contributed by atoms with Crippen molar-refractivity contribution in [2.24, 2.45) is 0 Å². The van der Waals surface area contributed by atoms with E-state index in [1.807, 2.05) is 0 Å². The molecular formula is C12H18N8O6. The molecule has 0 bridgehead atoms. The molecule has 26 heavy (non-hydrogen) atoms. The Morgan fingerprint density at radius 3 is 1.42 bits per heavy atom. The lowest BCUT2D eigenvalue weighted by atomic mass is 10.2. The van der Waals surface area contributed by atoms with Gasteiger partial charge in [0.1, 0.15) is 13.1 Å². The molecule has 0 saturated heterocycles. The molecule has 0 aliphatic heterocycles. The Kier molecular flexibility index (Phi) is 11.1. The molecular weight excluding hydrogens is 352 g/mol. The van der Waals surface area contributed by atoms with E-state index in [4.69, 9.17) is 11.1 Å². The van der Waals surface area contributed by atoms with Gasteiger partial charge in [-0.3, -0.25) is 9.59 Å². The van der Waals surface area contributed by atoms with Crippen LogP contribution < -0.4 is 0 Å². The van der Waals surface area contributed by atoms with Crippen LogP contribution in [-0.2, 0) is 9.59 Å². The zero-order valence-corrected chi connectivity index (χ0v) is 13.8. The van der Waals surface area contributed by atoms with E-state index < -0.39 is 21.6 Å². The van der Waals surface area contributed by atoms with E-state index in [9.17, 15) is 29.8 Å². The molecule has 0 spiro atoms. The second kappa shape index (κ2) is 12.9. The van der Waals surface area contributed by atoms with Crippen molar-refractivity contribution in [3.63, 3.8) is 0 Å². The Balaban J connectivity index is 4.45. The van der Waals surface area contributed by atoms with Crippen molar-refractivity contribution < 1.29 is 29.2 Å². The van der Waals surface area contributed by atoms with Crippen LogP contribution in [0.3, 0.4) is 0 Å². The van der Waals surface area contributed by atoms with E-state index in [1.54, 1.807) is 0 Å². The van der Waals surface area contributed by atoms with E-state index in [-0.39, 0.29) is 51.9 Å². The number of hydrogen-bond donors (Lipinski definition) is 0. The molecule has 0 atom stereocenters. The summed E-state index contributed by atoms with van der Waals surface area (Å²) in [7, 11) is 0. The zero-order chi connectivity index (χ0) is 19.9. The van der Waals surface area contributed by atoms with Crippen LogP contribution in [0.1, 0.15) is 25.7 Å². The van der Waals surface area contributed by atoms with E-state index in [1.165, 1.54) is 0 Å². The molecule has 0 radical (unpaired) electrons. The predicted octanol–water partition coefficient (Wildman–Crippen LogP) is -0.726. The van der Waals surface area contributed by atoms with Crippen molar-refractivity contribution in [2.75, 3.05) is 26.2 Å². The van der Waals surface area contributed by atoms with E-state index >= 15 is 0 Å². The quantitative estimate of drug-likeness (QED) is 0.118. The molecule has 142 valence electrons. The number of nitrogens with zero attached hydrogens (tertiary/aromatic N) is 8. The Morgan fingerprint density at radius 1 is 0.808 bits per heavy atom. The van der Waals surface area contributed by atoms with Crippen molar-refractivity contribution >= 4 is 24.0 Å². The number of carbonyl (C=O) groups is 2. The van der Waals surface area contributed by atoms with Crippen molar-refractivity contribution in [1.29, 1.82) is 0 Å². The standard InChI is InChI=1S/C12H18N8O6/c13-15-9-11(21)3-1-5-17(19(23)24)7-8-18(20(25)26)6-2-4-12(22)10-16-14/h9-10H,1-8H2. The Hall–Kier alpha value is -3.50. The fourth-order valence-corrected chi connectivity index (χ4v) is 1.91. The van der Waals surface area contributed by atoms with Gasteiger partial charge in [-0.2, -0.15) is 9.58 Å². The summed E-state index contributed by atoms with van der Waals surface area (Å²) in [6.07, 6.45) is 1.46. The summed E-state index contributed by atoms with van der Waals surface area (Å²) in [5, 5.41) is 22.0. The van der Waals surface area contributed by atoms with Crippen LogP contribution in [0.15, 0.2) is 0 Å². The molecule has 0 rings (SSSR count). The number of ketones is 2. The fraction of sp³-hybridized carbons (Fsp3) is 0.667. The highest BCUT2D eigenvalue weighted by Crippen LogP contribution is 2.01. The molecule has 0 aromatic carbocycles. The van der Waals surface area contributed by atoms with Crippen LogP contribution in [0, 0.1) is 20.2 Å². The smallest absolute Gasteiger partial charge is 0.323 e. The normalized spacial score (nSPS) is 9.38. The molecule has 14 heteroatoms. The topological polar surface area (TPSA) is 200 Å². The van der Waals surface area contributed by atoms with Crippen molar-refractivity contribution in [3.8, 4) is 0 Å². The number of carbonyl (C=O) groups excluding carboxylic acids is 2. The number of nitro groups is 2. The second-order valence-electron chi connectivity index (χ2n) is 5.01. The van der Waals surface area contributed by atoms with E-state index in [0.717, 1.165) is 10.0 Å². The number of hydrogen-bond acceptors (Lipinski definition) is 6. The highest BCUT2D eigenvalue weighted by Gasteiger charge is 2.21. The van der Waals surface area contributed by atoms with Crippen molar-refractivity contribution in [3.05, 3.63) is 31.3 Å². The van der Waals surface area contributed by atoms with Gasteiger partial charge in [0.05, 0.1) is 13.1 Å². The highest BCUT2D eigenvalue weighted by atomic mass is 16.7. The molecule has 0 aliphatic rings. The molecule has 0 saturated carbocycles. The average Bonchev–Trinajstić information content (AvgIpc) is 2.55. The minimum Gasteiger partial charge on any atom is -0.361 e. The molecule has 14 nitrogen and oxygen atoms in total. The minimum atomic E-state index is -0.718. The zero-order valence-electron chi connectivity index (χ0n) is 13.8. The second-order valence-corrected chi connectivity index (χ2v) is 5.01. The van der Waals surface area contributed by atoms with Crippen LogP contribution in [0.2, 0.25) is 0 Å². The summed E-state index contributed by atoms with van der Waals surface area (Å²) >= 11 is 0. The van der Waals surface area contributed by atoms with E-state index in [2.05, 4.69) is 9.58 Å². The van der Waals surface area contributed by atoms with E-state index in [0.29, 0.717) is 12.4 Å². The SMILES string of the molecule is [N-]=[N+]=CC(=O)CCCN(CCN(CCCC(=O)C=[N+]=[N-])[N+](=O)[O-])[N+](=O)[O-]. The van der Waals surface area contributed by atoms with Gasteiger partial charge in [-0.05, 0) is 12.8 Å². The van der Waals surface area contributed by atoms with Gasteiger partial charge in [-0.15, -0.1) is 10.0 Å². The fourth-order valence-electron chi connectivity index (χ4n) is 1.91. The molecule has 0 aliphatic carbocycles. The van der Waals surface area contributed by atoms with Crippen LogP contribution in [0.5, 0.6) is 0 Å². The third kappa shape index (κ3) is 10.3. The van der Waals surface area contributed by atoms with Gasteiger partial charge in [0.15, 0.2) is 10.1 Å². The maximum atomic E-state index is 11.1. The average molecular weight is 370 g/mol. The minimum absolute atomic E-state index is 0.0676. The third-order valence-electron chi connectivity index (χ3n) is 3.16. The summed E-state index contributed by atoms with van der Waals surface area (Å²) < 4.78 is 0. The molecule has 0 fully saturated rings. The lowest BCUT2D eigenvalue weighted by molar-refractivity contribution is -0.673. The molecule has 0 unspecified atom stereocenters. The third-order valence-corrected chi connectivity index (χ3v) is 3.16. The van der Waals surface area contributed by atoms with Gasteiger partial charge < -0.3 is 11.1 Å². The summed E-state index contributed by atoms with van der Waals surface area (Å²) in [4.78, 5) is 49.3. The van der Waals surface area contributed by atoms with Crippen molar-refractivity contribution in [2.45, 2.75) is 25.7 Å². The van der Waals surface area contributed by atoms with Gasteiger partial charge in [0.2, 0.25) is 11.6 Å². The Labute approximate surface area is 147 Å². The molecule has 0 N–H and O–H groups in total. The first kappa shape index (κ1) is 22.5. The maximum absolute atomic E-state index is 11.1. The van der Waals surface area contributed by atoms with Gasteiger partial charge in [0.25, 0.3) is 0 Å². The number of Topliss-reactive ketones (excluding diaryl/α,β-unsaturated/α-hetero) is 2. The molecule has 0 aromatic heterocycles. The first-order valence-corrected chi connectivity index (χ1v) is 7.50. The Morgan fingerprint density at radius 2 is 1.15 bits per heavy atom. The van der Waals surface area contributed by atoms with Gasteiger partial charge in [0, 0.05) is 12.8 Å². The molecule has 0 heterocycles. The first-order valence-electron chi connectivity index (χ1n) is 7.50. The predicted molar refractivity (Wildman–Crippen MR) is 85.0 cm³/mol. The van der Waals surface area contributed by atoms with Crippen LogP contribution in [-0.4, -0.2) is 79.8 Å². The van der Waals surface area contributed by atoms with Crippen molar-refractivity contribution in [1.82, 2.24) is 10.0 Å². The van der Waals surface area contributed by atoms with Crippen LogP contribution >= 0.6 is 0 Å². The monoisotopic (exact) mass is 370 g/mol. The maximum Gasteiger partial charge on any atom is 0.323 e. The molecule has 0 amide bonds. The van der Waals surface area contributed by atoms with Crippen LogP contribution in [0.4, 0.5) is 0 Å². The first-order chi connectivity index (χ1) is 12.3. The lowest BCUT2D eigenvalue weighted by Crippen LogP contribution is -2.41. The van der Waals surface area contributed by atoms with Gasteiger partial charge in [-0.25, -0.2) is 20.2 Å². The summed E-state index contributed by atoms with van der Waals surface area (Å²) in [6.45, 7) is -0.755. The van der Waals surface area contributed by atoms with Crippen LogP contribution in [0.25, 0.3) is 11.1 Å². The summed E-state index contributed by atoms with van der Waals surface area (Å²) in [5.74, 6) is -1.00. The Bertz CT molecular complexity index is 571.